The third kappa shape index (κ3) is 5.44. The molecule has 2 rings (SSSR count). The predicted octanol–water partition coefficient (Wildman–Crippen LogP) is 5.10. The maximum atomic E-state index is 12.7. The van der Waals surface area contributed by atoms with E-state index in [1.807, 2.05) is 42.5 Å². The van der Waals surface area contributed by atoms with Gasteiger partial charge in [-0.15, -0.1) is 0 Å². The van der Waals surface area contributed by atoms with Crippen LogP contribution in [0.3, 0.4) is 0 Å². The van der Waals surface area contributed by atoms with Crippen LogP contribution in [0.2, 0.25) is 0 Å². The lowest BCUT2D eigenvalue weighted by atomic mass is 9.79. The molecule has 1 amide bonds. The summed E-state index contributed by atoms with van der Waals surface area (Å²) in [5, 5.41) is 0. The Kier molecular flexibility index (Phi) is 6.33. The lowest BCUT2D eigenvalue weighted by Crippen LogP contribution is -2.31. The predicted molar refractivity (Wildman–Crippen MR) is 114 cm³/mol. The number of rotatable bonds is 4. The smallest absolute Gasteiger partial charge is 0.338 e. The van der Waals surface area contributed by atoms with Crippen molar-refractivity contribution in [1.29, 1.82) is 0 Å². The quantitative estimate of drug-likeness (QED) is 0.692. The van der Waals surface area contributed by atoms with Gasteiger partial charge in [-0.3, -0.25) is 4.79 Å². The summed E-state index contributed by atoms with van der Waals surface area (Å²) in [4.78, 5) is 26.5. The molecule has 0 N–H and O–H groups in total. The second kappa shape index (κ2) is 8.17. The van der Waals surface area contributed by atoms with Crippen LogP contribution in [0.5, 0.6) is 0 Å². The number of hydrogen-bond acceptors (Lipinski definition) is 3. The molecule has 0 bridgehead atoms. The Hall–Kier alpha value is -2.62. The summed E-state index contributed by atoms with van der Waals surface area (Å²) in [6.07, 6.45) is 0. The minimum atomic E-state index is -0.480. The molecule has 0 aliphatic rings. The highest BCUT2D eigenvalue weighted by molar-refractivity contribution is 5.96. The Morgan fingerprint density at radius 2 is 1.36 bits per heavy atom. The summed E-state index contributed by atoms with van der Waals surface area (Å²) in [7, 11) is 1.67. The maximum Gasteiger partial charge on any atom is 0.338 e. The van der Waals surface area contributed by atoms with Crippen molar-refractivity contribution < 1.29 is 14.3 Å². The molecule has 0 spiro atoms. The van der Waals surface area contributed by atoms with Crippen LogP contribution >= 0.6 is 0 Å². The molecular weight excluding hydrogens is 350 g/mol. The average Bonchev–Trinajstić information content (AvgIpc) is 2.64. The lowest BCUT2D eigenvalue weighted by Gasteiger charge is -2.26. The van der Waals surface area contributed by atoms with E-state index in [4.69, 9.17) is 4.74 Å². The molecule has 0 unspecified atom stereocenters. The van der Waals surface area contributed by atoms with Gasteiger partial charge in [0.25, 0.3) is 5.91 Å². The van der Waals surface area contributed by atoms with Gasteiger partial charge in [0.2, 0.25) is 0 Å². The lowest BCUT2D eigenvalue weighted by molar-refractivity contribution is -0.121. The third-order valence-corrected chi connectivity index (χ3v) is 4.75. The SMILES string of the molecule is CN(C(=O)COC(=O)c1cc(C(C)(C)C)cc(C(C)(C)C)c1)c1ccccc1. The largest absolute Gasteiger partial charge is 0.452 e. The van der Waals surface area contributed by atoms with E-state index in [1.54, 1.807) is 7.05 Å². The van der Waals surface area contributed by atoms with Gasteiger partial charge < -0.3 is 9.64 Å². The summed E-state index contributed by atoms with van der Waals surface area (Å²) in [5.41, 5.74) is 3.18. The molecule has 0 heterocycles. The number of hydrogen-bond donors (Lipinski definition) is 0. The fourth-order valence-electron chi connectivity index (χ4n) is 2.71. The van der Waals surface area contributed by atoms with Crippen molar-refractivity contribution in [3.05, 3.63) is 65.2 Å². The van der Waals surface area contributed by atoms with E-state index in [9.17, 15) is 9.59 Å². The van der Waals surface area contributed by atoms with E-state index in [1.165, 1.54) is 4.90 Å². The topological polar surface area (TPSA) is 46.6 Å². The first-order valence-corrected chi connectivity index (χ1v) is 9.54. The molecule has 0 aromatic heterocycles. The Morgan fingerprint density at radius 1 is 0.857 bits per heavy atom. The molecule has 0 aliphatic carbocycles. The van der Waals surface area contributed by atoms with Crippen LogP contribution in [0.15, 0.2) is 48.5 Å². The zero-order valence-electron chi connectivity index (χ0n) is 18.0. The van der Waals surface area contributed by atoms with E-state index < -0.39 is 5.97 Å². The second-order valence-corrected chi connectivity index (χ2v) is 9.16. The number of para-hydroxylation sites is 1. The molecule has 2 aromatic carbocycles. The van der Waals surface area contributed by atoms with Crippen molar-refractivity contribution in [1.82, 2.24) is 0 Å². The van der Waals surface area contributed by atoms with E-state index >= 15 is 0 Å². The molecule has 0 atom stereocenters. The number of benzene rings is 2. The highest BCUT2D eigenvalue weighted by Gasteiger charge is 2.23. The Morgan fingerprint density at radius 3 is 1.82 bits per heavy atom. The summed E-state index contributed by atoms with van der Waals surface area (Å²) in [6.45, 7) is 12.4. The maximum absolute atomic E-state index is 12.7. The molecule has 150 valence electrons. The van der Waals surface area contributed by atoms with Crippen molar-refractivity contribution in [2.75, 3.05) is 18.6 Å². The minimum absolute atomic E-state index is 0.0976. The number of anilines is 1. The third-order valence-electron chi connectivity index (χ3n) is 4.75. The molecular formula is C24H31NO3. The molecule has 0 saturated heterocycles. The van der Waals surface area contributed by atoms with Crippen LogP contribution in [-0.2, 0) is 20.4 Å². The molecule has 28 heavy (non-hydrogen) atoms. The molecule has 4 nitrogen and oxygen atoms in total. The molecule has 4 heteroatoms. The van der Waals surface area contributed by atoms with E-state index in [0.717, 1.165) is 16.8 Å². The van der Waals surface area contributed by atoms with Crippen molar-refractivity contribution in [3.8, 4) is 0 Å². The highest BCUT2D eigenvalue weighted by atomic mass is 16.5. The minimum Gasteiger partial charge on any atom is -0.452 e. The number of esters is 1. The van der Waals surface area contributed by atoms with Crippen LogP contribution in [0, 0.1) is 0 Å². The van der Waals surface area contributed by atoms with Crippen LogP contribution in [0.4, 0.5) is 5.69 Å². The molecule has 0 radical (unpaired) electrons. The zero-order valence-corrected chi connectivity index (χ0v) is 18.0. The summed E-state index contributed by atoms with van der Waals surface area (Å²) >= 11 is 0. The van der Waals surface area contributed by atoms with Crippen molar-refractivity contribution in [2.45, 2.75) is 52.4 Å². The molecule has 2 aromatic rings. The fourth-order valence-corrected chi connectivity index (χ4v) is 2.71. The van der Waals surface area contributed by atoms with Crippen molar-refractivity contribution in [2.24, 2.45) is 0 Å². The highest BCUT2D eigenvalue weighted by Crippen LogP contribution is 2.30. The van der Waals surface area contributed by atoms with Gasteiger partial charge in [-0.05, 0) is 46.2 Å². The fraction of sp³-hybridized carbons (Fsp3) is 0.417. The summed E-state index contributed by atoms with van der Waals surface area (Å²) in [5.74, 6) is -0.756. The van der Waals surface area contributed by atoms with Gasteiger partial charge in [-0.25, -0.2) is 4.79 Å². The van der Waals surface area contributed by atoms with Crippen molar-refractivity contribution in [3.63, 3.8) is 0 Å². The number of nitrogens with zero attached hydrogens (tertiary/aromatic N) is 1. The summed E-state index contributed by atoms with van der Waals surface area (Å²) < 4.78 is 5.34. The van der Waals surface area contributed by atoms with Crippen LogP contribution in [-0.4, -0.2) is 25.5 Å². The van der Waals surface area contributed by atoms with Crippen LogP contribution < -0.4 is 4.90 Å². The number of carbonyl (C=O) groups is 2. The van der Waals surface area contributed by atoms with Gasteiger partial charge in [0.1, 0.15) is 0 Å². The first-order chi connectivity index (χ1) is 12.9. The van der Waals surface area contributed by atoms with Crippen LogP contribution in [0.1, 0.15) is 63.0 Å². The first kappa shape index (κ1) is 21.7. The van der Waals surface area contributed by atoms with Gasteiger partial charge in [0.05, 0.1) is 5.56 Å². The number of likely N-dealkylation sites (N-methyl/N-ethyl adjacent to an activating group) is 1. The van der Waals surface area contributed by atoms with Gasteiger partial charge in [0, 0.05) is 12.7 Å². The van der Waals surface area contributed by atoms with Gasteiger partial charge in [0.15, 0.2) is 6.61 Å². The Balaban J connectivity index is 2.18. The zero-order chi connectivity index (χ0) is 21.1. The van der Waals surface area contributed by atoms with Crippen molar-refractivity contribution >= 4 is 17.6 Å². The number of amides is 1. The van der Waals surface area contributed by atoms with Gasteiger partial charge in [-0.2, -0.15) is 0 Å². The Bertz CT molecular complexity index is 810. The van der Waals surface area contributed by atoms with Gasteiger partial charge in [-0.1, -0.05) is 65.8 Å². The van der Waals surface area contributed by atoms with Crippen LogP contribution in [0.25, 0.3) is 0 Å². The number of carbonyl (C=O) groups excluding carboxylic acids is 2. The van der Waals surface area contributed by atoms with E-state index in [2.05, 4.69) is 47.6 Å². The standard InChI is InChI=1S/C24H31NO3/c1-23(2,3)18-13-17(14-19(15-18)24(4,5)6)22(27)28-16-21(26)25(7)20-11-9-8-10-12-20/h8-15H,16H2,1-7H3. The second-order valence-electron chi connectivity index (χ2n) is 9.16. The number of ether oxygens (including phenoxy) is 1. The average molecular weight is 382 g/mol. The normalized spacial score (nSPS) is 11.8. The van der Waals surface area contributed by atoms with E-state index in [-0.39, 0.29) is 23.3 Å². The Labute approximate surface area is 168 Å². The molecule has 0 saturated carbocycles. The molecule has 0 aliphatic heterocycles. The summed E-state index contributed by atoms with van der Waals surface area (Å²) in [6, 6.07) is 15.1. The van der Waals surface area contributed by atoms with E-state index in [0.29, 0.717) is 5.56 Å². The molecule has 0 fully saturated rings. The van der Waals surface area contributed by atoms with Gasteiger partial charge >= 0.3 is 5.97 Å². The first-order valence-electron chi connectivity index (χ1n) is 9.54. The monoisotopic (exact) mass is 381 g/mol.